The van der Waals surface area contributed by atoms with E-state index in [4.69, 9.17) is 0 Å². The minimum atomic E-state index is 0.125. The molecular formula is C21H20N2O. The smallest absolute Gasteiger partial charge is 0.254 e. The van der Waals surface area contributed by atoms with Crippen LogP contribution in [0.1, 0.15) is 34.8 Å². The van der Waals surface area contributed by atoms with E-state index in [9.17, 15) is 4.79 Å². The van der Waals surface area contributed by atoms with Crippen LogP contribution in [0.15, 0.2) is 79.1 Å². The molecule has 2 heterocycles. The van der Waals surface area contributed by atoms with Crippen molar-refractivity contribution in [3.05, 3.63) is 90.3 Å². The van der Waals surface area contributed by atoms with Crippen molar-refractivity contribution in [1.29, 1.82) is 0 Å². The van der Waals surface area contributed by atoms with Gasteiger partial charge in [0, 0.05) is 30.2 Å². The van der Waals surface area contributed by atoms with Crippen LogP contribution >= 0.6 is 0 Å². The molecule has 1 atom stereocenters. The van der Waals surface area contributed by atoms with E-state index in [-0.39, 0.29) is 11.9 Å². The Kier molecular flexibility index (Phi) is 3.91. The van der Waals surface area contributed by atoms with Crippen LogP contribution in [0.5, 0.6) is 0 Å². The summed E-state index contributed by atoms with van der Waals surface area (Å²) in [5.41, 5.74) is 3.05. The van der Waals surface area contributed by atoms with Gasteiger partial charge in [-0.25, -0.2) is 0 Å². The summed E-state index contributed by atoms with van der Waals surface area (Å²) in [7, 11) is 0. The first kappa shape index (κ1) is 14.8. The van der Waals surface area contributed by atoms with Crippen molar-refractivity contribution in [3.8, 4) is 5.69 Å². The molecule has 0 radical (unpaired) electrons. The second-order valence-corrected chi connectivity index (χ2v) is 6.20. The second kappa shape index (κ2) is 6.36. The maximum absolute atomic E-state index is 12.9. The van der Waals surface area contributed by atoms with Crippen molar-refractivity contribution >= 4 is 5.91 Å². The van der Waals surface area contributed by atoms with Gasteiger partial charge in [-0.05, 0) is 54.8 Å². The molecule has 0 bridgehead atoms. The Balaban J connectivity index is 1.56. The molecule has 1 aliphatic rings. The molecule has 3 heteroatoms. The molecule has 1 saturated heterocycles. The van der Waals surface area contributed by atoms with E-state index in [1.54, 1.807) is 0 Å². The average molecular weight is 316 g/mol. The minimum absolute atomic E-state index is 0.125. The van der Waals surface area contributed by atoms with Crippen molar-refractivity contribution < 1.29 is 4.79 Å². The molecule has 3 nitrogen and oxygen atoms in total. The lowest BCUT2D eigenvalue weighted by Gasteiger charge is -2.25. The first-order valence-electron chi connectivity index (χ1n) is 8.42. The standard InChI is InChI=1S/C21H20N2O/c24-21(18-10-12-19(13-11-18)22-14-4-5-15-22)23-16-6-9-20(23)17-7-2-1-3-8-17/h1-5,7-8,10-15,20H,6,9,16H2. The number of carbonyl (C=O) groups is 1. The summed E-state index contributed by atoms with van der Waals surface area (Å²) in [6.45, 7) is 0.831. The number of carbonyl (C=O) groups excluding carboxylic acids is 1. The molecule has 1 amide bonds. The highest BCUT2D eigenvalue weighted by atomic mass is 16.2. The number of aromatic nitrogens is 1. The summed E-state index contributed by atoms with van der Waals surface area (Å²) in [6, 6.07) is 22.4. The van der Waals surface area contributed by atoms with Gasteiger partial charge in [-0.3, -0.25) is 4.79 Å². The topological polar surface area (TPSA) is 25.2 Å². The van der Waals surface area contributed by atoms with Crippen LogP contribution in [0.4, 0.5) is 0 Å². The van der Waals surface area contributed by atoms with Crippen molar-refractivity contribution in [1.82, 2.24) is 9.47 Å². The first-order chi connectivity index (χ1) is 11.8. The van der Waals surface area contributed by atoms with E-state index in [2.05, 4.69) is 12.1 Å². The molecular weight excluding hydrogens is 296 g/mol. The van der Waals surface area contributed by atoms with E-state index in [1.807, 2.05) is 76.5 Å². The second-order valence-electron chi connectivity index (χ2n) is 6.20. The van der Waals surface area contributed by atoms with Gasteiger partial charge in [0.2, 0.25) is 0 Å². The quantitative estimate of drug-likeness (QED) is 0.700. The predicted octanol–water partition coefficient (Wildman–Crippen LogP) is 4.45. The summed E-state index contributed by atoms with van der Waals surface area (Å²) >= 11 is 0. The van der Waals surface area contributed by atoms with Gasteiger partial charge < -0.3 is 9.47 Å². The highest BCUT2D eigenvalue weighted by Gasteiger charge is 2.30. The minimum Gasteiger partial charge on any atom is -0.332 e. The molecule has 4 rings (SSSR count). The number of rotatable bonds is 3. The lowest BCUT2D eigenvalue weighted by molar-refractivity contribution is 0.0735. The molecule has 1 unspecified atom stereocenters. The van der Waals surface area contributed by atoms with Crippen LogP contribution in [-0.2, 0) is 0 Å². The molecule has 1 aromatic heterocycles. The maximum atomic E-state index is 12.9. The third-order valence-electron chi connectivity index (χ3n) is 4.71. The van der Waals surface area contributed by atoms with Gasteiger partial charge in [-0.2, -0.15) is 0 Å². The van der Waals surface area contributed by atoms with Gasteiger partial charge in [-0.15, -0.1) is 0 Å². The van der Waals surface area contributed by atoms with Crippen LogP contribution in [0.25, 0.3) is 5.69 Å². The van der Waals surface area contributed by atoms with Crippen molar-refractivity contribution in [2.45, 2.75) is 18.9 Å². The third kappa shape index (κ3) is 2.73. The average Bonchev–Trinajstić information content (AvgIpc) is 3.34. The van der Waals surface area contributed by atoms with Gasteiger partial charge >= 0.3 is 0 Å². The zero-order valence-electron chi connectivity index (χ0n) is 13.5. The Labute approximate surface area is 142 Å². The molecule has 0 N–H and O–H groups in total. The van der Waals surface area contributed by atoms with Gasteiger partial charge in [0.1, 0.15) is 0 Å². The highest BCUT2D eigenvalue weighted by molar-refractivity contribution is 5.94. The van der Waals surface area contributed by atoms with E-state index in [0.29, 0.717) is 0 Å². The number of hydrogen-bond donors (Lipinski definition) is 0. The largest absolute Gasteiger partial charge is 0.332 e. The Morgan fingerprint density at radius 2 is 1.58 bits per heavy atom. The number of amides is 1. The van der Waals surface area contributed by atoms with Gasteiger partial charge in [0.15, 0.2) is 0 Å². The first-order valence-corrected chi connectivity index (χ1v) is 8.42. The molecule has 120 valence electrons. The zero-order valence-corrected chi connectivity index (χ0v) is 13.5. The molecule has 3 aromatic rings. The Morgan fingerprint density at radius 3 is 2.29 bits per heavy atom. The molecule has 24 heavy (non-hydrogen) atoms. The number of benzene rings is 2. The van der Waals surface area contributed by atoms with Crippen LogP contribution in [-0.4, -0.2) is 21.9 Å². The predicted molar refractivity (Wildman–Crippen MR) is 95.2 cm³/mol. The SMILES string of the molecule is O=C(c1ccc(-n2cccc2)cc1)N1CCCC1c1ccccc1. The van der Waals surface area contributed by atoms with Gasteiger partial charge in [-0.1, -0.05) is 30.3 Å². The van der Waals surface area contributed by atoms with Gasteiger partial charge in [0.05, 0.1) is 6.04 Å². The zero-order chi connectivity index (χ0) is 16.4. The fourth-order valence-electron chi connectivity index (χ4n) is 3.48. The fraction of sp³-hybridized carbons (Fsp3) is 0.190. The maximum Gasteiger partial charge on any atom is 0.254 e. The molecule has 1 aliphatic heterocycles. The van der Waals surface area contributed by atoms with E-state index < -0.39 is 0 Å². The molecule has 0 aliphatic carbocycles. The van der Waals surface area contributed by atoms with Crippen LogP contribution < -0.4 is 0 Å². The number of nitrogens with zero attached hydrogens (tertiary/aromatic N) is 2. The lowest BCUT2D eigenvalue weighted by Crippen LogP contribution is -2.30. The number of hydrogen-bond acceptors (Lipinski definition) is 1. The van der Waals surface area contributed by atoms with E-state index in [1.165, 1.54) is 5.56 Å². The Bertz CT molecular complexity index is 807. The summed E-state index contributed by atoms with van der Waals surface area (Å²) < 4.78 is 2.04. The summed E-state index contributed by atoms with van der Waals surface area (Å²) in [4.78, 5) is 15.0. The van der Waals surface area contributed by atoms with Crippen molar-refractivity contribution in [2.75, 3.05) is 6.54 Å². The van der Waals surface area contributed by atoms with E-state index >= 15 is 0 Å². The summed E-state index contributed by atoms with van der Waals surface area (Å²) in [6.07, 6.45) is 6.11. The van der Waals surface area contributed by atoms with Crippen LogP contribution in [0, 0.1) is 0 Å². The van der Waals surface area contributed by atoms with E-state index in [0.717, 1.165) is 30.6 Å². The van der Waals surface area contributed by atoms with Gasteiger partial charge in [0.25, 0.3) is 5.91 Å². The molecule has 2 aromatic carbocycles. The molecule has 1 fully saturated rings. The molecule has 0 spiro atoms. The number of likely N-dealkylation sites (tertiary alicyclic amines) is 1. The highest BCUT2D eigenvalue weighted by Crippen LogP contribution is 2.33. The third-order valence-corrected chi connectivity index (χ3v) is 4.71. The van der Waals surface area contributed by atoms with Crippen molar-refractivity contribution in [3.63, 3.8) is 0 Å². The summed E-state index contributed by atoms with van der Waals surface area (Å²) in [5, 5.41) is 0. The van der Waals surface area contributed by atoms with Crippen LogP contribution in [0.2, 0.25) is 0 Å². The summed E-state index contributed by atoms with van der Waals surface area (Å²) in [5.74, 6) is 0.125. The normalized spacial score (nSPS) is 17.2. The van der Waals surface area contributed by atoms with Crippen LogP contribution in [0.3, 0.4) is 0 Å². The van der Waals surface area contributed by atoms with Crippen molar-refractivity contribution in [2.24, 2.45) is 0 Å². The Morgan fingerprint density at radius 1 is 0.875 bits per heavy atom. The lowest BCUT2D eigenvalue weighted by atomic mass is 10.0. The fourth-order valence-corrected chi connectivity index (χ4v) is 3.48. The monoisotopic (exact) mass is 316 g/mol. The molecule has 0 saturated carbocycles. The Hall–Kier alpha value is -2.81.